The molecule has 0 radical (unpaired) electrons. The van der Waals surface area contributed by atoms with Crippen molar-refractivity contribution in [2.24, 2.45) is 5.73 Å². The van der Waals surface area contributed by atoms with Gasteiger partial charge in [-0.2, -0.15) is 8.42 Å². The molecule has 0 bridgehead atoms. The number of aliphatic hydroxyl groups is 1. The van der Waals surface area contributed by atoms with Gasteiger partial charge in [0.1, 0.15) is 0 Å². The summed E-state index contributed by atoms with van der Waals surface area (Å²) >= 11 is 0. The average Bonchev–Trinajstić information content (AvgIpc) is 1.99. The molecular weight excluding hydrogens is 208 g/mol. The zero-order valence-corrected chi connectivity index (χ0v) is 9.05. The number of hydrogen-bond acceptors (Lipinski definition) is 4. The molecule has 0 rings (SSSR count). The molecule has 0 atom stereocenters. The van der Waals surface area contributed by atoms with Crippen LogP contribution in [0.4, 0.5) is 0 Å². The monoisotopic (exact) mass is 226 g/mol. The van der Waals surface area contributed by atoms with Gasteiger partial charge in [-0.15, -0.1) is 0 Å². The van der Waals surface area contributed by atoms with E-state index in [4.69, 9.17) is 20.8 Å². The number of nitrogens with one attached hydrogen (secondary N) is 1. The fraction of sp³-hybridized carbons (Fsp3) is 0.857. The summed E-state index contributed by atoms with van der Waals surface area (Å²) in [6, 6.07) is 0. The second-order valence-corrected chi connectivity index (χ2v) is 4.21. The van der Waals surface area contributed by atoms with Crippen molar-refractivity contribution in [3.8, 4) is 0 Å². The molecule has 0 aromatic heterocycles. The van der Waals surface area contributed by atoms with Crippen LogP contribution in [-0.4, -0.2) is 36.3 Å². The Bertz CT molecular complexity index is 238. The molecule has 86 valence electrons. The van der Waals surface area contributed by atoms with Crippen LogP contribution < -0.4 is 5.73 Å². The largest absolute Gasteiger partial charge is 0.395 e. The van der Waals surface area contributed by atoms with Crippen LogP contribution in [0.1, 0.15) is 26.2 Å². The van der Waals surface area contributed by atoms with Gasteiger partial charge in [-0.3, -0.25) is 9.96 Å². The highest BCUT2D eigenvalue weighted by atomic mass is 32.2. The maximum absolute atomic E-state index is 9.63. The summed E-state index contributed by atoms with van der Waals surface area (Å²) in [6.45, 7) is 1.56. The average molecular weight is 226 g/mol. The summed E-state index contributed by atoms with van der Waals surface area (Å²) in [7, 11) is -3.92. The zero-order chi connectivity index (χ0) is 11.6. The fourth-order valence-corrected chi connectivity index (χ4v) is 0.713. The summed E-state index contributed by atoms with van der Waals surface area (Å²) in [5.74, 6) is -0.269. The molecular formula is C7H18N2O4S. The van der Waals surface area contributed by atoms with Crippen molar-refractivity contribution in [3.63, 3.8) is 0 Å². The maximum atomic E-state index is 9.63. The van der Waals surface area contributed by atoms with Crippen LogP contribution in [0.25, 0.3) is 0 Å². The molecule has 0 heterocycles. The van der Waals surface area contributed by atoms with Gasteiger partial charge in [-0.1, -0.05) is 13.3 Å². The molecule has 6 nitrogen and oxygen atoms in total. The Morgan fingerprint density at radius 2 is 2.00 bits per heavy atom. The molecule has 0 aliphatic carbocycles. The van der Waals surface area contributed by atoms with Crippen LogP contribution in [-0.2, 0) is 10.1 Å². The Kier molecular flexibility index (Phi) is 10.1. The van der Waals surface area contributed by atoms with Crippen molar-refractivity contribution in [2.45, 2.75) is 26.2 Å². The number of unbranched alkanes of at least 4 members (excludes halogenated alkanes) is 1. The first-order valence-electron chi connectivity index (χ1n) is 4.22. The first-order chi connectivity index (χ1) is 6.33. The standard InChI is InChI=1S/C5H12N2.C2H6O4S/c1-2-3-4-5(6)7;3-1-2-7(4,5)6/h2-4H2,1H3,(H3,6,7);3H,1-2H2,(H,4,5,6). The third kappa shape index (κ3) is 22.5. The smallest absolute Gasteiger partial charge is 0.267 e. The van der Waals surface area contributed by atoms with Crippen molar-refractivity contribution in [1.29, 1.82) is 5.41 Å². The van der Waals surface area contributed by atoms with Gasteiger partial charge in [0.05, 0.1) is 18.2 Å². The Morgan fingerprint density at radius 1 is 1.50 bits per heavy atom. The molecule has 0 spiro atoms. The predicted octanol–water partition coefficient (Wildman–Crippen LogP) is -0.0209. The van der Waals surface area contributed by atoms with E-state index < -0.39 is 22.5 Å². The van der Waals surface area contributed by atoms with Crippen molar-refractivity contribution < 1.29 is 18.1 Å². The van der Waals surface area contributed by atoms with E-state index in [1.165, 1.54) is 0 Å². The first-order valence-corrected chi connectivity index (χ1v) is 5.83. The van der Waals surface area contributed by atoms with Crippen molar-refractivity contribution in [2.75, 3.05) is 12.4 Å². The van der Waals surface area contributed by atoms with Crippen LogP contribution in [0.2, 0.25) is 0 Å². The third-order valence-electron chi connectivity index (χ3n) is 1.15. The Hall–Kier alpha value is -0.660. The summed E-state index contributed by atoms with van der Waals surface area (Å²) in [6.07, 6.45) is 2.94. The number of amidine groups is 1. The highest BCUT2D eigenvalue weighted by Crippen LogP contribution is 1.90. The number of hydrogen-bond donors (Lipinski definition) is 4. The van der Waals surface area contributed by atoms with E-state index in [-0.39, 0.29) is 0 Å². The summed E-state index contributed by atoms with van der Waals surface area (Å²) in [5.41, 5.74) is 5.06. The molecule has 0 aromatic carbocycles. The van der Waals surface area contributed by atoms with Gasteiger partial charge in [0, 0.05) is 6.42 Å². The summed E-state index contributed by atoms with van der Waals surface area (Å²) < 4.78 is 27.1. The van der Waals surface area contributed by atoms with Crippen LogP contribution in [0.5, 0.6) is 0 Å². The van der Waals surface area contributed by atoms with Crippen molar-refractivity contribution in [1.82, 2.24) is 0 Å². The molecule has 5 N–H and O–H groups in total. The molecule has 0 saturated carbocycles. The third-order valence-corrected chi connectivity index (χ3v) is 1.85. The minimum Gasteiger partial charge on any atom is -0.395 e. The van der Waals surface area contributed by atoms with Crippen LogP contribution >= 0.6 is 0 Å². The molecule has 0 unspecified atom stereocenters. The topological polar surface area (TPSA) is 124 Å². The quantitative estimate of drug-likeness (QED) is 0.298. The Labute approximate surface area is 84.4 Å². The highest BCUT2D eigenvalue weighted by molar-refractivity contribution is 7.85. The van der Waals surface area contributed by atoms with Crippen LogP contribution in [0, 0.1) is 5.41 Å². The first kappa shape index (κ1) is 15.8. The van der Waals surface area contributed by atoms with E-state index in [0.29, 0.717) is 5.84 Å². The number of rotatable bonds is 5. The van der Waals surface area contributed by atoms with E-state index in [0.717, 1.165) is 19.3 Å². The lowest BCUT2D eigenvalue weighted by molar-refractivity contribution is 0.315. The Balaban J connectivity index is 0. The zero-order valence-electron chi connectivity index (χ0n) is 8.23. The molecule has 0 saturated heterocycles. The van der Waals surface area contributed by atoms with Gasteiger partial charge >= 0.3 is 0 Å². The molecule has 0 aliphatic heterocycles. The molecule has 7 heteroatoms. The van der Waals surface area contributed by atoms with E-state index in [1.807, 2.05) is 0 Å². The lowest BCUT2D eigenvalue weighted by Crippen LogP contribution is -2.07. The minimum absolute atomic E-state index is 0.307. The molecule has 0 fully saturated rings. The predicted molar refractivity (Wildman–Crippen MR) is 54.9 cm³/mol. The van der Waals surface area contributed by atoms with Gasteiger partial charge < -0.3 is 10.8 Å². The van der Waals surface area contributed by atoms with E-state index in [9.17, 15) is 8.42 Å². The van der Waals surface area contributed by atoms with Crippen molar-refractivity contribution >= 4 is 16.0 Å². The lowest BCUT2D eigenvalue weighted by Gasteiger charge is -1.90. The van der Waals surface area contributed by atoms with Gasteiger partial charge in [-0.25, -0.2) is 0 Å². The number of aliphatic hydroxyl groups excluding tert-OH is 1. The highest BCUT2D eigenvalue weighted by Gasteiger charge is 1.99. The Morgan fingerprint density at radius 3 is 2.07 bits per heavy atom. The molecule has 0 aliphatic rings. The molecule has 14 heavy (non-hydrogen) atoms. The minimum atomic E-state index is -3.92. The summed E-state index contributed by atoms with van der Waals surface area (Å²) in [4.78, 5) is 0. The maximum Gasteiger partial charge on any atom is 0.267 e. The van der Waals surface area contributed by atoms with Gasteiger partial charge in [-0.05, 0) is 6.42 Å². The second kappa shape index (κ2) is 8.92. The number of nitrogens with two attached hydrogens (primary N) is 1. The van der Waals surface area contributed by atoms with Crippen LogP contribution in [0.3, 0.4) is 0 Å². The molecule has 0 amide bonds. The lowest BCUT2D eigenvalue weighted by atomic mass is 10.2. The molecule has 0 aromatic rings. The van der Waals surface area contributed by atoms with Gasteiger partial charge in [0.2, 0.25) is 0 Å². The van der Waals surface area contributed by atoms with Gasteiger partial charge in [0.15, 0.2) is 0 Å². The normalized spacial score (nSPS) is 10.2. The van der Waals surface area contributed by atoms with Crippen LogP contribution in [0.15, 0.2) is 0 Å². The SMILES string of the molecule is CCCCC(=N)N.O=S(=O)(O)CCO. The van der Waals surface area contributed by atoms with Crippen molar-refractivity contribution in [3.05, 3.63) is 0 Å². The fourth-order valence-electron chi connectivity index (χ4n) is 0.483. The van der Waals surface area contributed by atoms with E-state index in [2.05, 4.69) is 6.92 Å². The van der Waals surface area contributed by atoms with Gasteiger partial charge in [0.25, 0.3) is 10.1 Å². The summed E-state index contributed by atoms with van der Waals surface area (Å²) in [5, 5.41) is 14.6. The second-order valence-electron chi connectivity index (χ2n) is 2.64. The van der Waals surface area contributed by atoms with E-state index in [1.54, 1.807) is 0 Å². The van der Waals surface area contributed by atoms with E-state index >= 15 is 0 Å².